The maximum absolute atomic E-state index is 12.6. The first-order valence-corrected chi connectivity index (χ1v) is 10.3. The summed E-state index contributed by atoms with van der Waals surface area (Å²) in [5.74, 6) is 0.0555. The molecule has 1 heterocycles. The van der Waals surface area contributed by atoms with Crippen molar-refractivity contribution in [2.24, 2.45) is 0 Å². The SMILES string of the molecule is COc1ccc(NC(=O)CSC2CC(=O)N(c3ccc(I)cc3)C2=O)cc1. The zero-order valence-electron chi connectivity index (χ0n) is 14.5. The molecule has 2 aromatic rings. The number of hydrogen-bond acceptors (Lipinski definition) is 5. The predicted octanol–water partition coefficient (Wildman–Crippen LogP) is 3.30. The number of benzene rings is 2. The van der Waals surface area contributed by atoms with E-state index in [0.29, 0.717) is 17.1 Å². The van der Waals surface area contributed by atoms with Crippen molar-refractivity contribution in [1.82, 2.24) is 0 Å². The van der Waals surface area contributed by atoms with E-state index in [4.69, 9.17) is 4.74 Å². The average molecular weight is 496 g/mol. The van der Waals surface area contributed by atoms with Crippen LogP contribution in [0.5, 0.6) is 5.75 Å². The third kappa shape index (κ3) is 4.81. The number of ether oxygens (including phenoxy) is 1. The normalized spacial score (nSPS) is 16.5. The van der Waals surface area contributed by atoms with Gasteiger partial charge in [-0.1, -0.05) is 0 Å². The molecule has 0 aromatic heterocycles. The van der Waals surface area contributed by atoms with E-state index in [1.54, 1.807) is 43.5 Å². The van der Waals surface area contributed by atoms with Crippen molar-refractivity contribution in [3.63, 3.8) is 0 Å². The fourth-order valence-electron chi connectivity index (χ4n) is 2.64. The Hall–Kier alpha value is -2.07. The molecule has 0 spiro atoms. The first-order valence-electron chi connectivity index (χ1n) is 8.16. The molecule has 140 valence electrons. The number of amides is 3. The lowest BCUT2D eigenvalue weighted by Crippen LogP contribution is -2.31. The van der Waals surface area contributed by atoms with Crippen molar-refractivity contribution < 1.29 is 19.1 Å². The highest BCUT2D eigenvalue weighted by molar-refractivity contribution is 14.1. The number of halogens is 1. The third-order valence-electron chi connectivity index (χ3n) is 3.98. The predicted molar refractivity (Wildman–Crippen MR) is 114 cm³/mol. The van der Waals surface area contributed by atoms with Gasteiger partial charge in [0.1, 0.15) is 5.75 Å². The van der Waals surface area contributed by atoms with Crippen molar-refractivity contribution in [3.05, 3.63) is 52.1 Å². The van der Waals surface area contributed by atoms with Gasteiger partial charge in [0.05, 0.1) is 23.8 Å². The second kappa shape index (κ2) is 8.75. The first kappa shape index (κ1) is 19.7. The Kier molecular flexibility index (Phi) is 6.38. The lowest BCUT2D eigenvalue weighted by atomic mass is 10.3. The molecule has 0 saturated carbocycles. The summed E-state index contributed by atoms with van der Waals surface area (Å²) in [5.41, 5.74) is 1.21. The minimum absolute atomic E-state index is 0.0935. The molecule has 0 radical (unpaired) electrons. The fourth-order valence-corrected chi connectivity index (χ4v) is 3.94. The van der Waals surface area contributed by atoms with Crippen LogP contribution in [0.2, 0.25) is 0 Å². The molecular formula is C19H17IN2O4S. The van der Waals surface area contributed by atoms with Gasteiger partial charge < -0.3 is 10.1 Å². The smallest absolute Gasteiger partial charge is 0.247 e. The summed E-state index contributed by atoms with van der Waals surface area (Å²) in [7, 11) is 1.57. The molecule has 1 N–H and O–H groups in total. The van der Waals surface area contributed by atoms with Gasteiger partial charge in [0.2, 0.25) is 17.7 Å². The molecule has 6 nitrogen and oxygen atoms in total. The Balaban J connectivity index is 1.56. The number of hydrogen-bond donors (Lipinski definition) is 1. The Labute approximate surface area is 174 Å². The highest BCUT2D eigenvalue weighted by Gasteiger charge is 2.40. The van der Waals surface area contributed by atoms with E-state index >= 15 is 0 Å². The van der Waals surface area contributed by atoms with Crippen LogP contribution in [0.4, 0.5) is 11.4 Å². The summed E-state index contributed by atoms with van der Waals surface area (Å²) in [6.07, 6.45) is 0.102. The Bertz CT molecular complexity index is 855. The summed E-state index contributed by atoms with van der Waals surface area (Å²) in [6, 6.07) is 14.2. The van der Waals surface area contributed by atoms with Crippen molar-refractivity contribution in [1.29, 1.82) is 0 Å². The molecule has 3 rings (SSSR count). The Morgan fingerprint density at radius 2 is 1.85 bits per heavy atom. The van der Waals surface area contributed by atoms with Crippen LogP contribution in [-0.4, -0.2) is 35.8 Å². The minimum Gasteiger partial charge on any atom is -0.497 e. The van der Waals surface area contributed by atoms with E-state index in [-0.39, 0.29) is 29.9 Å². The van der Waals surface area contributed by atoms with Gasteiger partial charge in [-0.25, -0.2) is 4.90 Å². The average Bonchev–Trinajstić information content (AvgIpc) is 2.95. The lowest BCUT2D eigenvalue weighted by Gasteiger charge is -2.15. The maximum Gasteiger partial charge on any atom is 0.247 e. The van der Waals surface area contributed by atoms with Crippen molar-refractivity contribution >= 4 is 63.4 Å². The molecule has 2 aromatic carbocycles. The zero-order valence-corrected chi connectivity index (χ0v) is 17.5. The highest BCUT2D eigenvalue weighted by atomic mass is 127. The van der Waals surface area contributed by atoms with E-state index in [1.807, 2.05) is 12.1 Å². The molecule has 8 heteroatoms. The Morgan fingerprint density at radius 3 is 2.48 bits per heavy atom. The zero-order chi connectivity index (χ0) is 19.4. The monoisotopic (exact) mass is 496 g/mol. The van der Waals surface area contributed by atoms with Gasteiger partial charge in [0.25, 0.3) is 0 Å². The van der Waals surface area contributed by atoms with Crippen LogP contribution in [0, 0.1) is 3.57 Å². The van der Waals surface area contributed by atoms with Crippen LogP contribution in [0.25, 0.3) is 0 Å². The molecule has 1 aliphatic rings. The summed E-state index contributed by atoms with van der Waals surface area (Å²) in [6.45, 7) is 0. The van der Waals surface area contributed by atoms with E-state index in [0.717, 1.165) is 3.57 Å². The van der Waals surface area contributed by atoms with Crippen LogP contribution in [0.1, 0.15) is 6.42 Å². The number of anilines is 2. The van der Waals surface area contributed by atoms with Crippen molar-refractivity contribution in [2.45, 2.75) is 11.7 Å². The quantitative estimate of drug-likeness (QED) is 0.491. The van der Waals surface area contributed by atoms with Crippen LogP contribution >= 0.6 is 34.4 Å². The van der Waals surface area contributed by atoms with Crippen LogP contribution < -0.4 is 15.0 Å². The summed E-state index contributed by atoms with van der Waals surface area (Å²) < 4.78 is 6.10. The lowest BCUT2D eigenvalue weighted by molar-refractivity contribution is -0.121. The van der Waals surface area contributed by atoms with Crippen LogP contribution in [-0.2, 0) is 14.4 Å². The highest BCUT2D eigenvalue weighted by Crippen LogP contribution is 2.30. The topological polar surface area (TPSA) is 75.7 Å². The van der Waals surface area contributed by atoms with E-state index in [1.165, 1.54) is 16.7 Å². The molecule has 1 aliphatic heterocycles. The first-order chi connectivity index (χ1) is 13.0. The summed E-state index contributed by atoms with van der Waals surface area (Å²) in [5, 5.41) is 2.22. The standard InChI is InChI=1S/C19H17IN2O4S/c1-26-15-8-4-13(5-9-15)21-17(23)11-27-16-10-18(24)22(19(16)25)14-6-2-12(20)3-7-14/h2-9,16H,10-11H2,1H3,(H,21,23). The maximum atomic E-state index is 12.6. The number of carbonyl (C=O) groups excluding carboxylic acids is 3. The van der Waals surface area contributed by atoms with Gasteiger partial charge in [0.15, 0.2) is 0 Å². The second-order valence-corrected chi connectivity index (χ2v) is 8.26. The summed E-state index contributed by atoms with van der Waals surface area (Å²) >= 11 is 3.35. The van der Waals surface area contributed by atoms with Gasteiger partial charge in [-0.3, -0.25) is 14.4 Å². The number of carbonyl (C=O) groups is 3. The number of nitrogens with zero attached hydrogens (tertiary/aromatic N) is 1. The number of thioether (sulfide) groups is 1. The minimum atomic E-state index is -0.543. The number of methoxy groups -OCH3 is 1. The number of rotatable bonds is 6. The molecule has 0 aliphatic carbocycles. The van der Waals surface area contributed by atoms with E-state index in [2.05, 4.69) is 27.9 Å². The second-order valence-electron chi connectivity index (χ2n) is 5.82. The molecule has 3 amide bonds. The Morgan fingerprint density at radius 1 is 1.19 bits per heavy atom. The molecule has 1 fully saturated rings. The van der Waals surface area contributed by atoms with Crippen molar-refractivity contribution in [3.8, 4) is 5.75 Å². The van der Waals surface area contributed by atoms with Crippen LogP contribution in [0.15, 0.2) is 48.5 Å². The number of imide groups is 1. The van der Waals surface area contributed by atoms with Gasteiger partial charge in [-0.05, 0) is 71.1 Å². The van der Waals surface area contributed by atoms with Gasteiger partial charge in [0, 0.05) is 15.7 Å². The molecular weight excluding hydrogens is 479 g/mol. The largest absolute Gasteiger partial charge is 0.497 e. The number of nitrogens with one attached hydrogen (secondary N) is 1. The van der Waals surface area contributed by atoms with Gasteiger partial charge >= 0.3 is 0 Å². The summed E-state index contributed by atoms with van der Waals surface area (Å²) in [4.78, 5) is 38.2. The third-order valence-corrected chi connectivity index (χ3v) is 5.90. The van der Waals surface area contributed by atoms with E-state index in [9.17, 15) is 14.4 Å². The van der Waals surface area contributed by atoms with Crippen molar-refractivity contribution in [2.75, 3.05) is 23.1 Å². The molecule has 1 unspecified atom stereocenters. The van der Waals surface area contributed by atoms with E-state index < -0.39 is 5.25 Å². The van der Waals surface area contributed by atoms with Gasteiger partial charge in [-0.15, -0.1) is 11.8 Å². The fraction of sp³-hybridized carbons (Fsp3) is 0.211. The molecule has 1 saturated heterocycles. The molecule has 0 bridgehead atoms. The molecule has 27 heavy (non-hydrogen) atoms. The van der Waals surface area contributed by atoms with Gasteiger partial charge in [-0.2, -0.15) is 0 Å². The van der Waals surface area contributed by atoms with Crippen LogP contribution in [0.3, 0.4) is 0 Å². The molecule has 1 atom stereocenters.